The highest BCUT2D eigenvalue weighted by Gasteiger charge is 2.48. The molecule has 4 heteroatoms. The highest BCUT2D eigenvalue weighted by molar-refractivity contribution is 5.69. The summed E-state index contributed by atoms with van der Waals surface area (Å²) >= 11 is 0. The Morgan fingerprint density at radius 2 is 2.11 bits per heavy atom. The van der Waals surface area contributed by atoms with Crippen LogP contribution in [0.5, 0.6) is 0 Å². The van der Waals surface area contributed by atoms with E-state index < -0.39 is 6.09 Å². The zero-order chi connectivity index (χ0) is 13.9. The molecule has 1 aliphatic carbocycles. The molecule has 0 saturated heterocycles. The van der Waals surface area contributed by atoms with Crippen molar-refractivity contribution in [2.24, 2.45) is 11.3 Å². The number of nitrogens with one attached hydrogen (secondary N) is 1. The van der Waals surface area contributed by atoms with Crippen LogP contribution >= 0.6 is 0 Å². The molecule has 1 fully saturated rings. The average Bonchev–Trinajstić information content (AvgIpc) is 2.42. The summed E-state index contributed by atoms with van der Waals surface area (Å²) in [6.45, 7) is 4.23. The number of carbonyl (C=O) groups is 2. The Hall–Kier alpha value is -1.84. The van der Waals surface area contributed by atoms with Crippen molar-refractivity contribution in [1.82, 2.24) is 5.32 Å². The van der Waals surface area contributed by atoms with Gasteiger partial charge >= 0.3 is 6.09 Å². The Morgan fingerprint density at radius 1 is 1.42 bits per heavy atom. The lowest BCUT2D eigenvalue weighted by molar-refractivity contribution is -0.121. The van der Waals surface area contributed by atoms with E-state index in [9.17, 15) is 9.59 Å². The van der Waals surface area contributed by atoms with E-state index in [1.165, 1.54) is 0 Å². The van der Waals surface area contributed by atoms with Crippen LogP contribution < -0.4 is 5.32 Å². The second-order valence-corrected chi connectivity index (χ2v) is 5.56. The van der Waals surface area contributed by atoms with Crippen LogP contribution in [0.1, 0.15) is 25.8 Å². The molecular formula is C15H19NO3. The lowest BCUT2D eigenvalue weighted by Crippen LogP contribution is -2.58. The molecule has 0 spiro atoms. The highest BCUT2D eigenvalue weighted by atomic mass is 16.5. The van der Waals surface area contributed by atoms with E-state index in [-0.39, 0.29) is 24.0 Å². The third-order valence-corrected chi connectivity index (χ3v) is 4.01. The SMILES string of the molecule is CC1(C)[C@H](C=O)C[C@@H]1NC(=O)OCc1ccccc1. The van der Waals surface area contributed by atoms with Gasteiger partial charge in [0.15, 0.2) is 0 Å². The largest absolute Gasteiger partial charge is 0.445 e. The molecule has 4 nitrogen and oxygen atoms in total. The van der Waals surface area contributed by atoms with E-state index in [1.54, 1.807) is 0 Å². The van der Waals surface area contributed by atoms with E-state index in [0.29, 0.717) is 6.42 Å². The predicted octanol–water partition coefficient (Wildman–Crippen LogP) is 2.53. The molecule has 1 aromatic rings. The van der Waals surface area contributed by atoms with E-state index in [4.69, 9.17) is 4.74 Å². The number of alkyl carbamates (subject to hydrolysis) is 1. The second-order valence-electron chi connectivity index (χ2n) is 5.56. The fourth-order valence-corrected chi connectivity index (χ4v) is 2.34. The van der Waals surface area contributed by atoms with Crippen LogP contribution in [-0.2, 0) is 16.1 Å². The Labute approximate surface area is 113 Å². The van der Waals surface area contributed by atoms with Crippen molar-refractivity contribution >= 4 is 12.4 Å². The summed E-state index contributed by atoms with van der Waals surface area (Å²) in [6, 6.07) is 9.54. The van der Waals surface area contributed by atoms with Gasteiger partial charge in [-0.25, -0.2) is 4.79 Å². The first-order valence-corrected chi connectivity index (χ1v) is 6.46. The molecule has 102 valence electrons. The van der Waals surface area contributed by atoms with Gasteiger partial charge in [-0.3, -0.25) is 0 Å². The molecule has 0 heterocycles. The maximum Gasteiger partial charge on any atom is 0.407 e. The standard InChI is InChI=1S/C15H19NO3/c1-15(2)12(9-17)8-13(15)16-14(18)19-10-11-6-4-3-5-7-11/h3-7,9,12-13H,8,10H2,1-2H3,(H,16,18)/t12-,13-/m0/s1. The molecule has 0 radical (unpaired) electrons. The summed E-state index contributed by atoms with van der Waals surface area (Å²) < 4.78 is 5.16. The van der Waals surface area contributed by atoms with Crippen molar-refractivity contribution in [1.29, 1.82) is 0 Å². The molecule has 0 aromatic heterocycles. The lowest BCUT2D eigenvalue weighted by atomic mass is 9.59. The van der Waals surface area contributed by atoms with Crippen LogP contribution in [0.4, 0.5) is 4.79 Å². The van der Waals surface area contributed by atoms with Crippen LogP contribution in [-0.4, -0.2) is 18.4 Å². The molecule has 0 aliphatic heterocycles. The summed E-state index contributed by atoms with van der Waals surface area (Å²) in [4.78, 5) is 22.5. The molecule has 1 saturated carbocycles. The number of hydrogen-bond donors (Lipinski definition) is 1. The Bertz CT molecular complexity index is 456. The van der Waals surface area contributed by atoms with Crippen LogP contribution in [0.25, 0.3) is 0 Å². The maximum absolute atomic E-state index is 11.7. The minimum absolute atomic E-state index is 0.00553. The molecule has 1 aliphatic rings. The minimum Gasteiger partial charge on any atom is -0.445 e. The average molecular weight is 261 g/mol. The fourth-order valence-electron chi connectivity index (χ4n) is 2.34. The summed E-state index contributed by atoms with van der Waals surface area (Å²) in [6.07, 6.45) is 1.23. The first-order valence-electron chi connectivity index (χ1n) is 6.46. The molecule has 1 amide bonds. The van der Waals surface area contributed by atoms with Gasteiger partial charge in [-0.1, -0.05) is 44.2 Å². The minimum atomic E-state index is -0.425. The zero-order valence-corrected chi connectivity index (χ0v) is 11.3. The van der Waals surface area contributed by atoms with Crippen molar-refractivity contribution in [2.45, 2.75) is 32.9 Å². The van der Waals surface area contributed by atoms with Gasteiger partial charge in [0.1, 0.15) is 12.9 Å². The third-order valence-electron chi connectivity index (χ3n) is 4.01. The normalized spacial score (nSPS) is 24.1. The number of aldehydes is 1. The Balaban J connectivity index is 1.78. The number of rotatable bonds is 4. The summed E-state index contributed by atoms with van der Waals surface area (Å²) in [5.74, 6) is 0.0203. The number of amides is 1. The molecule has 2 rings (SSSR count). The molecular weight excluding hydrogens is 242 g/mol. The van der Waals surface area contributed by atoms with Gasteiger partial charge in [-0.15, -0.1) is 0 Å². The van der Waals surface area contributed by atoms with E-state index in [0.717, 1.165) is 11.8 Å². The lowest BCUT2D eigenvalue weighted by Gasteiger charge is -2.49. The molecule has 1 aromatic carbocycles. The van der Waals surface area contributed by atoms with Crippen LogP contribution in [0, 0.1) is 11.3 Å². The number of benzene rings is 1. The highest BCUT2D eigenvalue weighted by Crippen LogP contribution is 2.44. The second kappa shape index (κ2) is 5.43. The quantitative estimate of drug-likeness (QED) is 0.847. The van der Waals surface area contributed by atoms with Gasteiger partial charge < -0.3 is 14.8 Å². The molecule has 19 heavy (non-hydrogen) atoms. The van der Waals surface area contributed by atoms with Gasteiger partial charge in [0.2, 0.25) is 0 Å². The number of carbonyl (C=O) groups excluding carboxylic acids is 2. The van der Waals surface area contributed by atoms with Crippen molar-refractivity contribution in [3.63, 3.8) is 0 Å². The summed E-state index contributed by atoms with van der Waals surface area (Å²) in [5, 5.41) is 2.82. The van der Waals surface area contributed by atoms with Crippen LogP contribution in [0.3, 0.4) is 0 Å². The van der Waals surface area contributed by atoms with Crippen LogP contribution in [0.15, 0.2) is 30.3 Å². The zero-order valence-electron chi connectivity index (χ0n) is 11.3. The van der Waals surface area contributed by atoms with Crippen molar-refractivity contribution < 1.29 is 14.3 Å². The van der Waals surface area contributed by atoms with Gasteiger partial charge in [0.05, 0.1) is 0 Å². The third kappa shape index (κ3) is 2.95. The van der Waals surface area contributed by atoms with Crippen LogP contribution in [0.2, 0.25) is 0 Å². The maximum atomic E-state index is 11.7. The van der Waals surface area contributed by atoms with Gasteiger partial charge in [0, 0.05) is 12.0 Å². The molecule has 1 N–H and O–H groups in total. The Kier molecular flexibility index (Phi) is 3.88. The van der Waals surface area contributed by atoms with E-state index in [2.05, 4.69) is 5.32 Å². The number of ether oxygens (including phenoxy) is 1. The monoisotopic (exact) mass is 261 g/mol. The topological polar surface area (TPSA) is 55.4 Å². The molecule has 0 unspecified atom stereocenters. The summed E-state index contributed by atoms with van der Waals surface area (Å²) in [5.41, 5.74) is 0.768. The van der Waals surface area contributed by atoms with Crippen molar-refractivity contribution in [2.75, 3.05) is 0 Å². The fraction of sp³-hybridized carbons (Fsp3) is 0.467. The predicted molar refractivity (Wildman–Crippen MR) is 71.5 cm³/mol. The molecule has 0 bridgehead atoms. The van der Waals surface area contributed by atoms with Gasteiger partial charge in [0.25, 0.3) is 0 Å². The first kappa shape index (κ1) is 13.6. The van der Waals surface area contributed by atoms with Gasteiger partial charge in [-0.2, -0.15) is 0 Å². The van der Waals surface area contributed by atoms with Gasteiger partial charge in [-0.05, 0) is 17.4 Å². The van der Waals surface area contributed by atoms with Crippen molar-refractivity contribution in [3.8, 4) is 0 Å². The smallest absolute Gasteiger partial charge is 0.407 e. The molecule has 2 atom stereocenters. The Morgan fingerprint density at radius 3 is 2.68 bits per heavy atom. The number of hydrogen-bond acceptors (Lipinski definition) is 3. The van der Waals surface area contributed by atoms with E-state index >= 15 is 0 Å². The summed E-state index contributed by atoms with van der Waals surface area (Å²) in [7, 11) is 0. The van der Waals surface area contributed by atoms with E-state index in [1.807, 2.05) is 44.2 Å². The first-order chi connectivity index (χ1) is 9.04. The van der Waals surface area contributed by atoms with Crippen molar-refractivity contribution in [3.05, 3.63) is 35.9 Å².